The standard InChI is InChI=1S/C12H13NO3/c1-8(2)16-10-5-4-9(7-13)11(6-10)12(14)15-3/h4-6,8H,1-3H3. The van der Waals surface area contributed by atoms with E-state index in [-0.39, 0.29) is 17.2 Å². The highest BCUT2D eigenvalue weighted by atomic mass is 16.5. The molecule has 1 aromatic rings. The Hall–Kier alpha value is -2.02. The van der Waals surface area contributed by atoms with E-state index < -0.39 is 5.97 Å². The van der Waals surface area contributed by atoms with Crippen molar-refractivity contribution in [1.29, 1.82) is 5.26 Å². The van der Waals surface area contributed by atoms with E-state index >= 15 is 0 Å². The molecule has 0 saturated heterocycles. The van der Waals surface area contributed by atoms with Gasteiger partial charge in [-0.05, 0) is 32.0 Å². The molecule has 0 bridgehead atoms. The molecule has 0 aromatic heterocycles. The lowest BCUT2D eigenvalue weighted by molar-refractivity contribution is 0.0599. The van der Waals surface area contributed by atoms with Crippen molar-refractivity contribution in [3.8, 4) is 11.8 Å². The van der Waals surface area contributed by atoms with Crippen LogP contribution in [0.5, 0.6) is 5.75 Å². The van der Waals surface area contributed by atoms with E-state index in [1.54, 1.807) is 12.1 Å². The lowest BCUT2D eigenvalue weighted by Gasteiger charge is -2.11. The van der Waals surface area contributed by atoms with Gasteiger partial charge in [0.2, 0.25) is 0 Å². The third-order valence-electron chi connectivity index (χ3n) is 1.89. The summed E-state index contributed by atoms with van der Waals surface area (Å²) in [5, 5.41) is 8.84. The van der Waals surface area contributed by atoms with Crippen LogP contribution in [0, 0.1) is 11.3 Å². The number of nitrogens with zero attached hydrogens (tertiary/aromatic N) is 1. The summed E-state index contributed by atoms with van der Waals surface area (Å²) in [5.74, 6) is 0.0140. The Kier molecular flexibility index (Phi) is 3.90. The fourth-order valence-corrected chi connectivity index (χ4v) is 1.25. The first-order valence-corrected chi connectivity index (χ1v) is 4.87. The number of ether oxygens (including phenoxy) is 2. The van der Waals surface area contributed by atoms with E-state index in [2.05, 4.69) is 4.74 Å². The molecular formula is C12H13NO3. The molecular weight excluding hydrogens is 206 g/mol. The summed E-state index contributed by atoms with van der Waals surface area (Å²) in [6.45, 7) is 3.77. The summed E-state index contributed by atoms with van der Waals surface area (Å²) in [5.41, 5.74) is 0.506. The second-order valence-electron chi connectivity index (χ2n) is 3.48. The molecule has 0 radical (unpaired) electrons. The maximum absolute atomic E-state index is 11.4. The van der Waals surface area contributed by atoms with Gasteiger partial charge in [-0.25, -0.2) is 4.79 Å². The molecule has 0 atom stereocenters. The summed E-state index contributed by atoms with van der Waals surface area (Å²) >= 11 is 0. The van der Waals surface area contributed by atoms with Crippen LogP contribution in [0.1, 0.15) is 29.8 Å². The number of methoxy groups -OCH3 is 1. The number of hydrogen-bond donors (Lipinski definition) is 0. The Morgan fingerprint density at radius 3 is 2.62 bits per heavy atom. The molecule has 0 aliphatic heterocycles. The average Bonchev–Trinajstić information content (AvgIpc) is 2.27. The predicted molar refractivity (Wildman–Crippen MR) is 58.3 cm³/mol. The Morgan fingerprint density at radius 1 is 1.44 bits per heavy atom. The summed E-state index contributed by atoms with van der Waals surface area (Å²) < 4.78 is 10.0. The highest BCUT2D eigenvalue weighted by Crippen LogP contribution is 2.19. The second-order valence-corrected chi connectivity index (χ2v) is 3.48. The van der Waals surface area contributed by atoms with Gasteiger partial charge in [0.05, 0.1) is 24.3 Å². The summed E-state index contributed by atoms with van der Waals surface area (Å²) in [4.78, 5) is 11.4. The van der Waals surface area contributed by atoms with Crippen molar-refractivity contribution in [3.05, 3.63) is 29.3 Å². The normalized spacial score (nSPS) is 9.69. The average molecular weight is 219 g/mol. The number of carbonyl (C=O) groups is 1. The van der Waals surface area contributed by atoms with Gasteiger partial charge < -0.3 is 9.47 Å². The number of hydrogen-bond acceptors (Lipinski definition) is 4. The molecule has 0 amide bonds. The summed E-state index contributed by atoms with van der Waals surface area (Å²) in [7, 11) is 1.28. The SMILES string of the molecule is COC(=O)c1cc(OC(C)C)ccc1C#N. The Morgan fingerprint density at radius 2 is 2.12 bits per heavy atom. The van der Waals surface area contributed by atoms with Gasteiger partial charge >= 0.3 is 5.97 Å². The largest absolute Gasteiger partial charge is 0.491 e. The zero-order valence-corrected chi connectivity index (χ0v) is 9.48. The monoisotopic (exact) mass is 219 g/mol. The van der Waals surface area contributed by atoms with Crippen molar-refractivity contribution in [2.75, 3.05) is 7.11 Å². The fourth-order valence-electron chi connectivity index (χ4n) is 1.25. The minimum Gasteiger partial charge on any atom is -0.491 e. The molecule has 1 rings (SSSR count). The lowest BCUT2D eigenvalue weighted by atomic mass is 10.1. The van der Waals surface area contributed by atoms with Crippen LogP contribution in [0.15, 0.2) is 18.2 Å². The smallest absolute Gasteiger partial charge is 0.339 e. The molecule has 84 valence electrons. The van der Waals surface area contributed by atoms with Gasteiger partial charge in [0.1, 0.15) is 11.8 Å². The summed E-state index contributed by atoms with van der Waals surface area (Å²) in [6.07, 6.45) is 0.0124. The van der Waals surface area contributed by atoms with E-state index in [0.29, 0.717) is 5.75 Å². The van der Waals surface area contributed by atoms with Gasteiger partial charge in [-0.3, -0.25) is 0 Å². The van der Waals surface area contributed by atoms with Crippen LogP contribution in [0.4, 0.5) is 0 Å². The predicted octanol–water partition coefficient (Wildman–Crippen LogP) is 2.13. The highest BCUT2D eigenvalue weighted by Gasteiger charge is 2.13. The topological polar surface area (TPSA) is 59.3 Å². The van der Waals surface area contributed by atoms with Crippen LogP contribution in [0.2, 0.25) is 0 Å². The molecule has 0 aliphatic carbocycles. The van der Waals surface area contributed by atoms with Crippen LogP contribution >= 0.6 is 0 Å². The quantitative estimate of drug-likeness (QED) is 0.731. The third-order valence-corrected chi connectivity index (χ3v) is 1.89. The molecule has 1 aromatic carbocycles. The van der Waals surface area contributed by atoms with Gasteiger partial charge in [-0.15, -0.1) is 0 Å². The Balaban J connectivity index is 3.12. The molecule has 0 saturated carbocycles. The molecule has 16 heavy (non-hydrogen) atoms. The van der Waals surface area contributed by atoms with E-state index in [0.717, 1.165) is 0 Å². The van der Waals surface area contributed by atoms with Gasteiger partial charge in [0.25, 0.3) is 0 Å². The van der Waals surface area contributed by atoms with Crippen LogP contribution in [-0.4, -0.2) is 19.2 Å². The van der Waals surface area contributed by atoms with Crippen LogP contribution < -0.4 is 4.74 Å². The molecule has 0 heterocycles. The molecule has 4 heteroatoms. The van der Waals surface area contributed by atoms with Crippen molar-refractivity contribution in [2.24, 2.45) is 0 Å². The first kappa shape index (κ1) is 12.1. The zero-order valence-electron chi connectivity index (χ0n) is 9.48. The highest BCUT2D eigenvalue weighted by molar-refractivity contribution is 5.92. The number of nitriles is 1. The number of esters is 1. The number of carbonyl (C=O) groups excluding carboxylic acids is 1. The minimum absolute atomic E-state index is 0.0124. The van der Waals surface area contributed by atoms with E-state index in [4.69, 9.17) is 10.00 Å². The second kappa shape index (κ2) is 5.17. The van der Waals surface area contributed by atoms with Gasteiger partial charge in [-0.1, -0.05) is 0 Å². The molecule has 0 fully saturated rings. The van der Waals surface area contributed by atoms with Gasteiger partial charge in [-0.2, -0.15) is 5.26 Å². The first-order valence-electron chi connectivity index (χ1n) is 4.87. The third kappa shape index (κ3) is 2.74. The molecule has 4 nitrogen and oxygen atoms in total. The first-order chi connectivity index (χ1) is 7.58. The van der Waals surface area contributed by atoms with Crippen LogP contribution in [0.25, 0.3) is 0 Å². The maximum Gasteiger partial charge on any atom is 0.339 e. The van der Waals surface area contributed by atoms with Crippen LogP contribution in [-0.2, 0) is 4.74 Å². The van der Waals surface area contributed by atoms with Crippen molar-refractivity contribution in [2.45, 2.75) is 20.0 Å². The Labute approximate surface area is 94.4 Å². The van der Waals surface area contributed by atoms with Crippen molar-refractivity contribution < 1.29 is 14.3 Å². The molecule has 0 aliphatic rings. The lowest BCUT2D eigenvalue weighted by Crippen LogP contribution is -2.08. The molecule has 0 unspecified atom stereocenters. The van der Waals surface area contributed by atoms with Crippen LogP contribution in [0.3, 0.4) is 0 Å². The Bertz CT molecular complexity index is 432. The minimum atomic E-state index is -0.536. The summed E-state index contributed by atoms with van der Waals surface area (Å²) in [6, 6.07) is 6.66. The number of benzene rings is 1. The number of rotatable bonds is 3. The molecule has 0 N–H and O–H groups in total. The van der Waals surface area contributed by atoms with E-state index in [1.807, 2.05) is 19.9 Å². The zero-order chi connectivity index (χ0) is 12.1. The van der Waals surface area contributed by atoms with E-state index in [1.165, 1.54) is 13.2 Å². The molecule has 0 spiro atoms. The fraction of sp³-hybridized carbons (Fsp3) is 0.333. The maximum atomic E-state index is 11.4. The van der Waals surface area contributed by atoms with Crippen molar-refractivity contribution in [1.82, 2.24) is 0 Å². The van der Waals surface area contributed by atoms with Gasteiger partial charge in [0.15, 0.2) is 0 Å². The van der Waals surface area contributed by atoms with Crippen molar-refractivity contribution >= 4 is 5.97 Å². The van der Waals surface area contributed by atoms with E-state index in [9.17, 15) is 4.79 Å². The van der Waals surface area contributed by atoms with Crippen molar-refractivity contribution in [3.63, 3.8) is 0 Å². The van der Waals surface area contributed by atoms with Gasteiger partial charge in [0, 0.05) is 0 Å².